The van der Waals surface area contributed by atoms with Crippen LogP contribution in [0.3, 0.4) is 0 Å². The third-order valence-corrected chi connectivity index (χ3v) is 2.34. The first-order valence-electron chi connectivity index (χ1n) is 2.62. The molecule has 1 unspecified atom stereocenters. The molecule has 1 atom stereocenters. The maximum atomic E-state index is 12.4. The van der Waals surface area contributed by atoms with Gasteiger partial charge in [0.25, 0.3) is 0 Å². The van der Waals surface area contributed by atoms with Gasteiger partial charge in [0.05, 0.1) is 0 Å². The van der Waals surface area contributed by atoms with Gasteiger partial charge in [-0.3, -0.25) is 0 Å². The van der Waals surface area contributed by atoms with Gasteiger partial charge in [-0.1, -0.05) is 0 Å². The number of rotatable bonds is 1. The molecule has 0 N–H and O–H groups in total. The van der Waals surface area contributed by atoms with Crippen molar-refractivity contribution in [1.29, 1.82) is 0 Å². The van der Waals surface area contributed by atoms with Crippen LogP contribution in [0.2, 0.25) is 0 Å². The fraction of sp³-hybridized carbons (Fsp3) is 0.667. The molecule has 1 saturated heterocycles. The summed E-state index contributed by atoms with van der Waals surface area (Å²) in [5.41, 5.74) is 0. The molecule has 0 radical (unpaired) electrons. The second-order valence-corrected chi connectivity index (χ2v) is 3.68. The zero-order valence-electron chi connectivity index (χ0n) is 5.51. The average molecular weight is 240 g/mol. The Bertz CT molecular complexity index is 284. The third kappa shape index (κ3) is 1.34. The SMILES string of the molecule is O=C1OC(F)(F)C(F)(F)N1[P+](=O)Cl. The van der Waals surface area contributed by atoms with Gasteiger partial charge in [-0.25, -0.2) is 4.79 Å². The lowest BCUT2D eigenvalue weighted by atomic mass is 10.5. The second-order valence-electron chi connectivity index (χ2n) is 1.96. The summed E-state index contributed by atoms with van der Waals surface area (Å²) in [6.45, 7) is 0. The van der Waals surface area contributed by atoms with Gasteiger partial charge in [-0.2, -0.15) is 17.6 Å². The van der Waals surface area contributed by atoms with Crippen LogP contribution in [0.25, 0.3) is 0 Å². The number of carbonyl (C=O) groups excluding carboxylic acids is 1. The van der Waals surface area contributed by atoms with Gasteiger partial charge in [0.2, 0.25) is 11.2 Å². The van der Waals surface area contributed by atoms with Gasteiger partial charge >= 0.3 is 25.6 Å². The van der Waals surface area contributed by atoms with Crippen LogP contribution in [-0.4, -0.2) is 22.9 Å². The second kappa shape index (κ2) is 2.68. The van der Waals surface area contributed by atoms with Crippen molar-refractivity contribution in [2.75, 3.05) is 0 Å². The molecule has 1 fully saturated rings. The molecule has 0 saturated carbocycles. The summed E-state index contributed by atoms with van der Waals surface area (Å²) in [5.74, 6) is 0. The predicted octanol–water partition coefficient (Wildman–Crippen LogP) is 2.52. The highest BCUT2D eigenvalue weighted by atomic mass is 35.7. The summed E-state index contributed by atoms with van der Waals surface area (Å²) in [7, 11) is -3.44. The van der Waals surface area contributed by atoms with E-state index in [0.717, 1.165) is 0 Å². The lowest BCUT2D eigenvalue weighted by Gasteiger charge is -2.13. The summed E-state index contributed by atoms with van der Waals surface area (Å²) in [4.78, 5) is 10.3. The maximum absolute atomic E-state index is 12.4. The van der Waals surface area contributed by atoms with E-state index in [1.165, 1.54) is 0 Å². The van der Waals surface area contributed by atoms with Gasteiger partial charge in [0.1, 0.15) is 0 Å². The van der Waals surface area contributed by atoms with E-state index < -0.39 is 30.2 Å². The normalized spacial score (nSPS) is 25.8. The largest absolute Gasteiger partial charge is 0.596 e. The van der Waals surface area contributed by atoms with Crippen LogP contribution < -0.4 is 0 Å². The Balaban J connectivity index is 3.13. The molecule has 1 rings (SSSR count). The summed E-state index contributed by atoms with van der Waals surface area (Å²) >= 11 is 4.61. The quantitative estimate of drug-likeness (QED) is 0.402. The summed E-state index contributed by atoms with van der Waals surface area (Å²) < 4.78 is 61.5. The number of hydrogen-bond acceptors (Lipinski definition) is 3. The van der Waals surface area contributed by atoms with Crippen LogP contribution in [0, 0.1) is 0 Å². The summed E-state index contributed by atoms with van der Waals surface area (Å²) in [6, 6.07) is -4.99. The number of halogens is 5. The molecule has 10 heteroatoms. The van der Waals surface area contributed by atoms with E-state index in [0.29, 0.717) is 0 Å². The van der Waals surface area contributed by atoms with Crippen molar-refractivity contribution in [3.8, 4) is 0 Å². The van der Waals surface area contributed by atoms with Crippen LogP contribution in [0.1, 0.15) is 0 Å². The fourth-order valence-corrected chi connectivity index (χ4v) is 1.57. The first-order chi connectivity index (χ1) is 5.70. The minimum absolute atomic E-state index is 1.01. The first-order valence-corrected chi connectivity index (χ1v) is 4.73. The molecule has 74 valence electrons. The molecule has 0 bridgehead atoms. The van der Waals surface area contributed by atoms with E-state index in [2.05, 4.69) is 16.0 Å². The molecule has 0 aliphatic carbocycles. The van der Waals surface area contributed by atoms with Crippen LogP contribution in [0.4, 0.5) is 22.4 Å². The van der Waals surface area contributed by atoms with Crippen LogP contribution in [0.15, 0.2) is 0 Å². The molecule has 1 amide bonds. The predicted molar refractivity (Wildman–Crippen MR) is 31.7 cm³/mol. The Hall–Kier alpha value is -0.620. The Morgan fingerprint density at radius 2 is 1.85 bits per heavy atom. The molecule has 0 spiro atoms. The summed E-state index contributed by atoms with van der Waals surface area (Å²) in [6.07, 6.45) is -7.13. The van der Waals surface area contributed by atoms with Crippen molar-refractivity contribution in [2.45, 2.75) is 12.2 Å². The van der Waals surface area contributed by atoms with Gasteiger partial charge in [0.15, 0.2) is 0 Å². The highest BCUT2D eigenvalue weighted by Gasteiger charge is 2.79. The lowest BCUT2D eigenvalue weighted by molar-refractivity contribution is -0.308. The number of alkyl halides is 4. The molecule has 4 nitrogen and oxygen atoms in total. The third-order valence-electron chi connectivity index (χ3n) is 1.16. The average Bonchev–Trinajstić information content (AvgIpc) is 1.96. The van der Waals surface area contributed by atoms with Crippen LogP contribution in [0.5, 0.6) is 0 Å². The van der Waals surface area contributed by atoms with Crippen molar-refractivity contribution in [3.63, 3.8) is 0 Å². The number of nitrogens with zero attached hydrogens (tertiary/aromatic N) is 1. The molecule has 1 aliphatic rings. The molecule has 1 aliphatic heterocycles. The Morgan fingerprint density at radius 1 is 1.38 bits per heavy atom. The minimum Gasteiger partial charge on any atom is -0.375 e. The topological polar surface area (TPSA) is 46.6 Å². The van der Waals surface area contributed by atoms with Gasteiger partial charge < -0.3 is 4.74 Å². The van der Waals surface area contributed by atoms with Crippen LogP contribution in [-0.2, 0) is 9.30 Å². The Morgan fingerprint density at radius 3 is 2.00 bits per heavy atom. The monoisotopic (exact) mass is 240 g/mol. The van der Waals surface area contributed by atoms with Crippen molar-refractivity contribution >= 4 is 24.6 Å². The minimum atomic E-state index is -5.01. The van der Waals surface area contributed by atoms with Crippen molar-refractivity contribution in [3.05, 3.63) is 0 Å². The molecular weight excluding hydrogens is 240 g/mol. The van der Waals surface area contributed by atoms with E-state index in [1.54, 1.807) is 0 Å². The number of carbonyl (C=O) groups is 1. The molecule has 1 heterocycles. The number of amides is 1. The Kier molecular flexibility index (Phi) is 2.16. The standard InChI is InChI=1S/C3ClF4NO3P/c4-13(11)9-1(10)12-3(7,8)2(9,5)6/q+1. The Labute approximate surface area is 74.0 Å². The van der Waals surface area contributed by atoms with Gasteiger partial charge in [0, 0.05) is 4.67 Å². The van der Waals surface area contributed by atoms with Gasteiger partial charge in [-0.15, -0.1) is 0 Å². The van der Waals surface area contributed by atoms with Crippen LogP contribution >= 0.6 is 18.5 Å². The highest BCUT2D eigenvalue weighted by molar-refractivity contribution is 7.72. The van der Waals surface area contributed by atoms with Crippen molar-refractivity contribution in [2.24, 2.45) is 0 Å². The first kappa shape index (κ1) is 10.5. The summed E-state index contributed by atoms with van der Waals surface area (Å²) in [5, 5.41) is 0. The number of ether oxygens (including phenoxy) is 1. The van der Waals surface area contributed by atoms with E-state index in [4.69, 9.17) is 0 Å². The number of cyclic esters (lactones) is 1. The van der Waals surface area contributed by atoms with Gasteiger partial charge in [-0.05, 0) is 4.57 Å². The lowest BCUT2D eigenvalue weighted by Crippen LogP contribution is -2.43. The zero-order valence-corrected chi connectivity index (χ0v) is 7.16. The zero-order chi connectivity index (χ0) is 10.4. The smallest absolute Gasteiger partial charge is 0.375 e. The molecule has 0 aromatic rings. The molecule has 13 heavy (non-hydrogen) atoms. The van der Waals surface area contributed by atoms with Crippen molar-refractivity contribution < 1.29 is 31.7 Å². The van der Waals surface area contributed by atoms with Crippen molar-refractivity contribution in [1.82, 2.24) is 4.67 Å². The van der Waals surface area contributed by atoms with E-state index in [-0.39, 0.29) is 0 Å². The molecular formula is C3ClF4NO3P+. The molecule has 0 aromatic heterocycles. The van der Waals surface area contributed by atoms with E-state index >= 15 is 0 Å². The molecule has 0 aromatic carbocycles. The van der Waals surface area contributed by atoms with E-state index in [1.807, 2.05) is 0 Å². The highest BCUT2D eigenvalue weighted by Crippen LogP contribution is 2.53. The fourth-order valence-electron chi connectivity index (χ4n) is 0.615. The number of hydrogen-bond donors (Lipinski definition) is 0. The maximum Gasteiger partial charge on any atom is 0.596 e. The van der Waals surface area contributed by atoms with E-state index in [9.17, 15) is 26.9 Å².